The highest BCUT2D eigenvalue weighted by Gasteiger charge is 2.22. The highest BCUT2D eigenvalue weighted by atomic mass is 16.5. The molecule has 1 atom stereocenters. The van der Waals surface area contributed by atoms with Crippen molar-refractivity contribution in [3.05, 3.63) is 0 Å². The molecule has 0 fully saturated rings. The van der Waals surface area contributed by atoms with Crippen LogP contribution >= 0.6 is 0 Å². The van der Waals surface area contributed by atoms with Gasteiger partial charge in [-0.25, -0.2) is 0 Å². The summed E-state index contributed by atoms with van der Waals surface area (Å²) in [6.07, 6.45) is 2.29. The van der Waals surface area contributed by atoms with E-state index in [1.54, 1.807) is 7.11 Å². The third kappa shape index (κ3) is 5.47. The van der Waals surface area contributed by atoms with Crippen molar-refractivity contribution in [1.82, 2.24) is 4.90 Å². The van der Waals surface area contributed by atoms with Gasteiger partial charge in [0.05, 0.1) is 13.0 Å². The first-order valence-corrected chi connectivity index (χ1v) is 6.03. The second-order valence-corrected chi connectivity index (χ2v) is 4.15. The number of rotatable bonds is 9. The molecule has 0 saturated heterocycles. The molecule has 4 heteroatoms. The first kappa shape index (κ1) is 15.4. The van der Waals surface area contributed by atoms with Crippen molar-refractivity contribution in [1.29, 1.82) is 0 Å². The van der Waals surface area contributed by atoms with Crippen molar-refractivity contribution >= 4 is 5.97 Å². The van der Waals surface area contributed by atoms with Gasteiger partial charge in [-0.15, -0.1) is 0 Å². The topological polar surface area (TPSA) is 49.8 Å². The van der Waals surface area contributed by atoms with E-state index in [2.05, 4.69) is 18.7 Å². The fraction of sp³-hybridized carbons (Fsp3) is 0.917. The molecular weight excluding hydrogens is 206 g/mol. The van der Waals surface area contributed by atoms with Crippen LogP contribution in [0.2, 0.25) is 0 Å². The molecule has 0 aromatic rings. The monoisotopic (exact) mass is 231 g/mol. The molecule has 0 rings (SSSR count). The molecule has 1 N–H and O–H groups in total. The van der Waals surface area contributed by atoms with E-state index in [9.17, 15) is 4.79 Å². The summed E-state index contributed by atoms with van der Waals surface area (Å²) in [6, 6.07) is 0.516. The Balaban J connectivity index is 4.43. The van der Waals surface area contributed by atoms with E-state index in [-0.39, 0.29) is 12.5 Å². The SMILES string of the molecule is CCC(CC)N(CCOC)C(C)CC(=O)O. The molecule has 0 aromatic heterocycles. The Morgan fingerprint density at radius 1 is 1.38 bits per heavy atom. The Bertz CT molecular complexity index is 193. The second kappa shape index (κ2) is 8.53. The minimum atomic E-state index is -0.735. The number of ether oxygens (including phenoxy) is 1. The Morgan fingerprint density at radius 2 is 1.94 bits per heavy atom. The van der Waals surface area contributed by atoms with Gasteiger partial charge in [0.2, 0.25) is 0 Å². The van der Waals surface area contributed by atoms with E-state index in [4.69, 9.17) is 9.84 Å². The molecule has 0 aromatic carbocycles. The van der Waals surface area contributed by atoms with Gasteiger partial charge in [-0.05, 0) is 19.8 Å². The molecule has 0 aliphatic rings. The summed E-state index contributed by atoms with van der Waals surface area (Å²) in [6.45, 7) is 7.71. The van der Waals surface area contributed by atoms with Gasteiger partial charge < -0.3 is 9.84 Å². The molecule has 96 valence electrons. The highest BCUT2D eigenvalue weighted by molar-refractivity contribution is 5.67. The lowest BCUT2D eigenvalue weighted by molar-refractivity contribution is -0.138. The molecule has 4 nitrogen and oxygen atoms in total. The second-order valence-electron chi connectivity index (χ2n) is 4.15. The normalized spacial score (nSPS) is 13.4. The molecule has 0 spiro atoms. The lowest BCUT2D eigenvalue weighted by Gasteiger charge is -2.34. The summed E-state index contributed by atoms with van der Waals surface area (Å²) in [4.78, 5) is 13.0. The third-order valence-corrected chi connectivity index (χ3v) is 3.00. The van der Waals surface area contributed by atoms with Gasteiger partial charge in [0, 0.05) is 25.7 Å². The van der Waals surface area contributed by atoms with Crippen LogP contribution in [-0.4, -0.2) is 48.3 Å². The number of nitrogens with zero attached hydrogens (tertiary/aromatic N) is 1. The third-order valence-electron chi connectivity index (χ3n) is 3.00. The lowest BCUT2D eigenvalue weighted by atomic mass is 10.1. The predicted molar refractivity (Wildman–Crippen MR) is 64.7 cm³/mol. The van der Waals surface area contributed by atoms with Gasteiger partial charge in [-0.2, -0.15) is 0 Å². The Morgan fingerprint density at radius 3 is 2.31 bits per heavy atom. The summed E-state index contributed by atoms with van der Waals surface area (Å²) < 4.78 is 5.08. The minimum Gasteiger partial charge on any atom is -0.481 e. The van der Waals surface area contributed by atoms with E-state index in [1.807, 2.05) is 6.92 Å². The van der Waals surface area contributed by atoms with Gasteiger partial charge in [0.1, 0.15) is 0 Å². The summed E-state index contributed by atoms with van der Waals surface area (Å²) >= 11 is 0. The fourth-order valence-electron chi connectivity index (χ4n) is 2.09. The zero-order valence-corrected chi connectivity index (χ0v) is 10.9. The molecule has 0 aliphatic carbocycles. The number of aliphatic carboxylic acids is 1. The lowest BCUT2D eigenvalue weighted by Crippen LogP contribution is -2.44. The van der Waals surface area contributed by atoms with Crippen LogP contribution < -0.4 is 0 Å². The largest absolute Gasteiger partial charge is 0.481 e. The van der Waals surface area contributed by atoms with Crippen LogP contribution in [0.25, 0.3) is 0 Å². The van der Waals surface area contributed by atoms with Gasteiger partial charge in [0.15, 0.2) is 0 Å². The van der Waals surface area contributed by atoms with Gasteiger partial charge >= 0.3 is 5.97 Å². The molecule has 0 radical (unpaired) electrons. The van der Waals surface area contributed by atoms with E-state index in [0.717, 1.165) is 19.4 Å². The molecule has 0 amide bonds. The van der Waals surface area contributed by atoms with Crippen molar-refractivity contribution in [2.24, 2.45) is 0 Å². The standard InChI is InChI=1S/C12H25NO3/c1-5-11(6-2)13(7-8-16-4)10(3)9-12(14)15/h10-11H,5-9H2,1-4H3,(H,14,15). The van der Waals surface area contributed by atoms with Crippen molar-refractivity contribution in [2.45, 2.75) is 52.1 Å². The molecule has 0 heterocycles. The highest BCUT2D eigenvalue weighted by Crippen LogP contribution is 2.14. The average molecular weight is 231 g/mol. The number of hydrogen-bond acceptors (Lipinski definition) is 3. The average Bonchev–Trinajstić information content (AvgIpc) is 2.23. The van der Waals surface area contributed by atoms with E-state index in [1.165, 1.54) is 0 Å². The van der Waals surface area contributed by atoms with Crippen LogP contribution in [0.15, 0.2) is 0 Å². The Labute approximate surface area is 98.6 Å². The van der Waals surface area contributed by atoms with Crippen LogP contribution in [0.3, 0.4) is 0 Å². The summed E-state index contributed by atoms with van der Waals surface area (Å²) in [7, 11) is 1.67. The number of carboxylic acid groups (broad SMARTS) is 1. The van der Waals surface area contributed by atoms with Crippen molar-refractivity contribution in [2.75, 3.05) is 20.3 Å². The van der Waals surface area contributed by atoms with Crippen molar-refractivity contribution < 1.29 is 14.6 Å². The van der Waals surface area contributed by atoms with Crippen LogP contribution in [0.1, 0.15) is 40.0 Å². The van der Waals surface area contributed by atoms with Gasteiger partial charge in [0.25, 0.3) is 0 Å². The molecule has 0 aliphatic heterocycles. The smallest absolute Gasteiger partial charge is 0.304 e. The van der Waals surface area contributed by atoms with E-state index < -0.39 is 5.97 Å². The maximum Gasteiger partial charge on any atom is 0.304 e. The number of carbonyl (C=O) groups is 1. The van der Waals surface area contributed by atoms with Crippen molar-refractivity contribution in [3.8, 4) is 0 Å². The molecule has 0 bridgehead atoms. The van der Waals surface area contributed by atoms with E-state index >= 15 is 0 Å². The first-order valence-electron chi connectivity index (χ1n) is 6.03. The summed E-state index contributed by atoms with van der Waals surface area (Å²) in [5, 5.41) is 8.83. The summed E-state index contributed by atoms with van der Waals surface area (Å²) in [5.74, 6) is -0.735. The van der Waals surface area contributed by atoms with Crippen LogP contribution in [0.5, 0.6) is 0 Å². The zero-order chi connectivity index (χ0) is 12.6. The number of methoxy groups -OCH3 is 1. The number of hydrogen-bond donors (Lipinski definition) is 1. The Hall–Kier alpha value is -0.610. The predicted octanol–water partition coefficient (Wildman–Crippen LogP) is 1.99. The minimum absolute atomic E-state index is 0.0672. The maximum atomic E-state index is 10.7. The van der Waals surface area contributed by atoms with Crippen LogP contribution in [-0.2, 0) is 9.53 Å². The van der Waals surface area contributed by atoms with Crippen molar-refractivity contribution in [3.63, 3.8) is 0 Å². The van der Waals surface area contributed by atoms with E-state index in [0.29, 0.717) is 12.6 Å². The van der Waals surface area contributed by atoms with Gasteiger partial charge in [-0.3, -0.25) is 9.69 Å². The molecule has 0 saturated carbocycles. The quantitative estimate of drug-likeness (QED) is 0.659. The molecule has 1 unspecified atom stereocenters. The molecule has 16 heavy (non-hydrogen) atoms. The van der Waals surface area contributed by atoms with Crippen LogP contribution in [0.4, 0.5) is 0 Å². The van der Waals surface area contributed by atoms with Gasteiger partial charge in [-0.1, -0.05) is 13.8 Å². The van der Waals surface area contributed by atoms with Crippen LogP contribution in [0, 0.1) is 0 Å². The summed E-state index contributed by atoms with van der Waals surface area (Å²) in [5.41, 5.74) is 0. The number of carboxylic acids is 1. The fourth-order valence-corrected chi connectivity index (χ4v) is 2.09. The molecular formula is C12H25NO3. The Kier molecular flexibility index (Phi) is 8.21. The first-order chi connectivity index (χ1) is 7.56. The zero-order valence-electron chi connectivity index (χ0n) is 10.9. The maximum absolute atomic E-state index is 10.7.